The van der Waals surface area contributed by atoms with Gasteiger partial charge in [0.1, 0.15) is 11.4 Å². The number of anilines is 1. The molecule has 2 unspecified atom stereocenters. The van der Waals surface area contributed by atoms with Gasteiger partial charge in [-0.1, -0.05) is 51.2 Å². The first-order chi connectivity index (χ1) is 14.9. The van der Waals surface area contributed by atoms with Crippen molar-refractivity contribution in [3.05, 3.63) is 65.5 Å². The van der Waals surface area contributed by atoms with E-state index in [9.17, 15) is 9.90 Å². The van der Waals surface area contributed by atoms with Gasteiger partial charge in [-0.2, -0.15) is 0 Å². The van der Waals surface area contributed by atoms with Crippen LogP contribution in [0.5, 0.6) is 5.75 Å². The normalized spacial score (nSPS) is 15.2. The zero-order chi connectivity index (χ0) is 22.4. The maximum atomic E-state index is 12.6. The first-order valence-corrected chi connectivity index (χ1v) is 10.9. The second-order valence-corrected chi connectivity index (χ2v) is 8.02. The number of phenolic OH excluding ortho intramolecular Hbond substituents is 1. The molecule has 2 atom stereocenters. The third-order valence-corrected chi connectivity index (χ3v) is 5.55. The SMILES string of the molecule is C/C=C\C=C/C(C)/C=C/c1nc2c(nc1NC(=O)C(C)CC)CCc1cc(O)ccc1-2. The molecule has 1 heterocycles. The monoisotopic (exact) mass is 417 g/mol. The fourth-order valence-corrected chi connectivity index (χ4v) is 3.44. The highest BCUT2D eigenvalue weighted by Crippen LogP contribution is 2.35. The number of nitrogens with zero attached hydrogens (tertiary/aromatic N) is 2. The predicted molar refractivity (Wildman–Crippen MR) is 127 cm³/mol. The van der Waals surface area contributed by atoms with Gasteiger partial charge in [-0.05, 0) is 61.9 Å². The molecule has 0 spiro atoms. The number of phenols is 1. The van der Waals surface area contributed by atoms with Crippen molar-refractivity contribution in [3.8, 4) is 17.0 Å². The van der Waals surface area contributed by atoms with Crippen LogP contribution >= 0.6 is 0 Å². The average Bonchev–Trinajstić information content (AvgIpc) is 2.76. The Bertz CT molecular complexity index is 1040. The summed E-state index contributed by atoms with van der Waals surface area (Å²) in [7, 11) is 0. The largest absolute Gasteiger partial charge is 0.508 e. The number of aromatic hydroxyl groups is 1. The molecular weight excluding hydrogens is 386 g/mol. The second kappa shape index (κ2) is 10.2. The van der Waals surface area contributed by atoms with E-state index in [0.717, 1.165) is 41.8 Å². The number of benzene rings is 1. The lowest BCUT2D eigenvalue weighted by molar-refractivity contribution is -0.119. The van der Waals surface area contributed by atoms with Gasteiger partial charge < -0.3 is 10.4 Å². The summed E-state index contributed by atoms with van der Waals surface area (Å²) in [4.78, 5) is 22.3. The Morgan fingerprint density at radius 3 is 2.74 bits per heavy atom. The predicted octanol–water partition coefficient (Wildman–Crippen LogP) is 5.71. The van der Waals surface area contributed by atoms with E-state index in [0.29, 0.717) is 11.5 Å². The van der Waals surface area contributed by atoms with Gasteiger partial charge in [0.2, 0.25) is 5.91 Å². The van der Waals surface area contributed by atoms with Gasteiger partial charge in [0.05, 0.1) is 11.4 Å². The van der Waals surface area contributed by atoms with E-state index in [1.165, 1.54) is 0 Å². The molecule has 5 heteroatoms. The molecule has 0 radical (unpaired) electrons. The van der Waals surface area contributed by atoms with E-state index >= 15 is 0 Å². The third-order valence-electron chi connectivity index (χ3n) is 5.55. The Balaban J connectivity index is 2.02. The smallest absolute Gasteiger partial charge is 0.228 e. The first-order valence-electron chi connectivity index (χ1n) is 10.9. The van der Waals surface area contributed by atoms with E-state index in [1.54, 1.807) is 12.1 Å². The molecule has 2 aromatic rings. The van der Waals surface area contributed by atoms with Crippen molar-refractivity contribution >= 4 is 17.8 Å². The van der Waals surface area contributed by atoms with Crippen LogP contribution in [-0.2, 0) is 17.6 Å². The first kappa shape index (κ1) is 22.5. The Morgan fingerprint density at radius 2 is 2.00 bits per heavy atom. The van der Waals surface area contributed by atoms with Crippen molar-refractivity contribution in [3.63, 3.8) is 0 Å². The van der Waals surface area contributed by atoms with Crippen LogP contribution in [0.25, 0.3) is 17.3 Å². The third kappa shape index (κ3) is 5.48. The minimum absolute atomic E-state index is 0.0476. The fraction of sp³-hybridized carbons (Fsp3) is 0.346. The Kier molecular flexibility index (Phi) is 7.40. The van der Waals surface area contributed by atoms with Gasteiger partial charge in [0.25, 0.3) is 0 Å². The molecule has 3 rings (SSSR count). The number of allylic oxidation sites excluding steroid dienone is 5. The molecule has 1 aromatic heterocycles. The van der Waals surface area contributed by atoms with E-state index in [1.807, 2.05) is 51.1 Å². The standard InChI is InChI=1S/C26H31N3O2/c1-5-7-8-9-17(3)10-14-23-25(29-26(31)18(4)6-2)28-22-15-11-19-16-20(30)12-13-21(19)24(22)27-23/h5,7-10,12-14,16-18,30H,6,11,15H2,1-4H3,(H,28,29,31)/b7-5-,9-8-,14-10+. The Labute approximate surface area is 184 Å². The molecule has 5 nitrogen and oxygen atoms in total. The number of rotatable bonds is 7. The quantitative estimate of drug-likeness (QED) is 0.566. The van der Waals surface area contributed by atoms with E-state index in [4.69, 9.17) is 9.97 Å². The molecule has 31 heavy (non-hydrogen) atoms. The lowest BCUT2D eigenvalue weighted by Gasteiger charge is -2.21. The summed E-state index contributed by atoms with van der Waals surface area (Å²) < 4.78 is 0. The number of hydrogen-bond acceptors (Lipinski definition) is 4. The number of amides is 1. The van der Waals surface area contributed by atoms with Gasteiger partial charge in [-0.15, -0.1) is 0 Å². The molecule has 1 aliphatic rings. The van der Waals surface area contributed by atoms with E-state index < -0.39 is 0 Å². The van der Waals surface area contributed by atoms with Crippen molar-refractivity contribution in [2.75, 3.05) is 5.32 Å². The summed E-state index contributed by atoms with van der Waals surface area (Å²) in [6, 6.07) is 5.37. The lowest BCUT2D eigenvalue weighted by atomic mass is 9.91. The average molecular weight is 418 g/mol. The molecule has 0 fully saturated rings. The summed E-state index contributed by atoms with van der Waals surface area (Å²) in [6.45, 7) is 7.98. The van der Waals surface area contributed by atoms with Crippen LogP contribution in [0.2, 0.25) is 0 Å². The minimum atomic E-state index is -0.0962. The molecule has 162 valence electrons. The number of carbonyl (C=O) groups is 1. The summed E-state index contributed by atoms with van der Waals surface area (Å²) in [5.41, 5.74) is 4.38. The van der Waals surface area contributed by atoms with Crippen LogP contribution in [0.4, 0.5) is 5.82 Å². The van der Waals surface area contributed by atoms with E-state index in [2.05, 4.69) is 24.4 Å². The zero-order valence-electron chi connectivity index (χ0n) is 18.7. The van der Waals surface area contributed by atoms with Gasteiger partial charge in [0.15, 0.2) is 5.82 Å². The van der Waals surface area contributed by atoms with Crippen molar-refractivity contribution in [1.29, 1.82) is 0 Å². The van der Waals surface area contributed by atoms with Crippen LogP contribution < -0.4 is 5.32 Å². The highest BCUT2D eigenvalue weighted by molar-refractivity contribution is 5.93. The van der Waals surface area contributed by atoms with Crippen LogP contribution in [0, 0.1) is 11.8 Å². The number of carbonyl (C=O) groups excluding carboxylic acids is 1. The van der Waals surface area contributed by atoms with Crippen molar-refractivity contribution in [2.24, 2.45) is 11.8 Å². The van der Waals surface area contributed by atoms with Crippen molar-refractivity contribution in [2.45, 2.75) is 47.0 Å². The fourth-order valence-electron chi connectivity index (χ4n) is 3.44. The molecule has 0 bridgehead atoms. The maximum Gasteiger partial charge on any atom is 0.228 e. The van der Waals surface area contributed by atoms with Crippen LogP contribution in [0.1, 0.15) is 51.1 Å². The van der Waals surface area contributed by atoms with Gasteiger partial charge >= 0.3 is 0 Å². The van der Waals surface area contributed by atoms with Crippen LogP contribution in [0.15, 0.2) is 48.6 Å². The van der Waals surface area contributed by atoms with E-state index in [-0.39, 0.29) is 23.5 Å². The van der Waals surface area contributed by atoms with Crippen LogP contribution in [-0.4, -0.2) is 21.0 Å². The zero-order valence-corrected chi connectivity index (χ0v) is 18.7. The van der Waals surface area contributed by atoms with Crippen LogP contribution in [0.3, 0.4) is 0 Å². The topological polar surface area (TPSA) is 75.1 Å². The number of aryl methyl sites for hydroxylation is 2. The Morgan fingerprint density at radius 1 is 1.19 bits per heavy atom. The molecule has 1 aliphatic carbocycles. The summed E-state index contributed by atoms with van der Waals surface area (Å²) in [5.74, 6) is 0.826. The number of nitrogens with one attached hydrogen (secondary N) is 1. The molecular formula is C26H31N3O2. The summed E-state index contributed by atoms with van der Waals surface area (Å²) in [5, 5.41) is 12.8. The second-order valence-electron chi connectivity index (χ2n) is 8.02. The summed E-state index contributed by atoms with van der Waals surface area (Å²) >= 11 is 0. The highest BCUT2D eigenvalue weighted by Gasteiger charge is 2.22. The lowest BCUT2D eigenvalue weighted by Crippen LogP contribution is -2.22. The number of fused-ring (bicyclic) bond motifs is 3. The van der Waals surface area contributed by atoms with Gasteiger partial charge in [-0.3, -0.25) is 4.79 Å². The van der Waals surface area contributed by atoms with Crippen molar-refractivity contribution < 1.29 is 9.90 Å². The number of aromatic nitrogens is 2. The minimum Gasteiger partial charge on any atom is -0.508 e. The number of hydrogen-bond donors (Lipinski definition) is 2. The molecule has 0 aliphatic heterocycles. The summed E-state index contributed by atoms with van der Waals surface area (Å²) in [6.07, 6.45) is 14.3. The molecule has 1 amide bonds. The molecule has 0 saturated heterocycles. The van der Waals surface area contributed by atoms with Crippen molar-refractivity contribution in [1.82, 2.24) is 9.97 Å². The molecule has 0 saturated carbocycles. The van der Waals surface area contributed by atoms with Gasteiger partial charge in [-0.25, -0.2) is 9.97 Å². The molecule has 2 N–H and O–H groups in total. The molecule has 1 aromatic carbocycles. The maximum absolute atomic E-state index is 12.6. The van der Waals surface area contributed by atoms with Gasteiger partial charge in [0, 0.05) is 11.5 Å². The highest BCUT2D eigenvalue weighted by atomic mass is 16.3. The Hall–Kier alpha value is -3.21.